The summed E-state index contributed by atoms with van der Waals surface area (Å²) in [7, 11) is 0. The van der Waals surface area contributed by atoms with E-state index in [1.54, 1.807) is 0 Å². The van der Waals surface area contributed by atoms with Crippen LogP contribution in [0.25, 0.3) is 0 Å². The van der Waals surface area contributed by atoms with Gasteiger partial charge in [0.2, 0.25) is 0 Å². The summed E-state index contributed by atoms with van der Waals surface area (Å²) in [5.74, 6) is 0. The number of carbonyl (C=O) groups is 2. The summed E-state index contributed by atoms with van der Waals surface area (Å²) in [4.78, 5) is 20.3. The summed E-state index contributed by atoms with van der Waals surface area (Å²) in [5.41, 5.74) is 0. The van der Waals surface area contributed by atoms with Crippen LogP contribution in [0.1, 0.15) is 51.4 Å². The standard InChI is InChI=1S/C14H24N2O4/c17-13(18)15-11-9-7-5-3-1-2-4-6-8-10-12-16-14(19)20/h9-12,15-16H,1-8H2,(H,17,18)(H,19,20). The minimum absolute atomic E-state index is 0.893. The third-order valence-electron chi connectivity index (χ3n) is 2.64. The fourth-order valence-corrected chi connectivity index (χ4v) is 1.66. The van der Waals surface area contributed by atoms with Gasteiger partial charge in [-0.05, 0) is 25.7 Å². The van der Waals surface area contributed by atoms with Crippen molar-refractivity contribution in [3.63, 3.8) is 0 Å². The molecule has 0 aromatic carbocycles. The van der Waals surface area contributed by atoms with E-state index in [0.717, 1.165) is 38.5 Å². The Balaban J connectivity index is 3.17. The maximum Gasteiger partial charge on any atom is 0.408 e. The number of amides is 2. The summed E-state index contributed by atoms with van der Waals surface area (Å²) in [6.45, 7) is 0. The van der Waals surface area contributed by atoms with Crippen molar-refractivity contribution in [3.8, 4) is 0 Å². The molecule has 6 heteroatoms. The van der Waals surface area contributed by atoms with Crippen LogP contribution in [0, 0.1) is 0 Å². The van der Waals surface area contributed by atoms with Gasteiger partial charge in [-0.25, -0.2) is 9.59 Å². The summed E-state index contributed by atoms with van der Waals surface area (Å²) in [6, 6.07) is 0. The predicted molar refractivity (Wildman–Crippen MR) is 77.5 cm³/mol. The Bertz CT molecular complexity index is 295. The van der Waals surface area contributed by atoms with Crippen molar-refractivity contribution >= 4 is 12.2 Å². The van der Waals surface area contributed by atoms with Crippen LogP contribution >= 0.6 is 0 Å². The van der Waals surface area contributed by atoms with Crippen LogP contribution in [0.3, 0.4) is 0 Å². The molecule has 4 N–H and O–H groups in total. The quantitative estimate of drug-likeness (QED) is 0.435. The minimum atomic E-state index is -1.03. The number of hydrogen-bond donors (Lipinski definition) is 4. The lowest BCUT2D eigenvalue weighted by molar-refractivity contribution is 0.197. The highest BCUT2D eigenvalue weighted by Gasteiger charge is 1.91. The molecule has 0 rings (SSSR count). The van der Waals surface area contributed by atoms with Gasteiger partial charge in [0.05, 0.1) is 0 Å². The van der Waals surface area contributed by atoms with Crippen molar-refractivity contribution in [2.75, 3.05) is 0 Å². The van der Waals surface area contributed by atoms with E-state index in [9.17, 15) is 9.59 Å². The molecule has 0 saturated heterocycles. The maximum absolute atomic E-state index is 10.1. The Morgan fingerprint density at radius 1 is 0.700 bits per heavy atom. The van der Waals surface area contributed by atoms with Crippen LogP contribution in [-0.2, 0) is 0 Å². The lowest BCUT2D eigenvalue weighted by Crippen LogP contribution is -2.12. The van der Waals surface area contributed by atoms with Gasteiger partial charge in [0, 0.05) is 12.4 Å². The van der Waals surface area contributed by atoms with E-state index in [-0.39, 0.29) is 0 Å². The highest BCUT2D eigenvalue weighted by Crippen LogP contribution is 2.08. The highest BCUT2D eigenvalue weighted by molar-refractivity contribution is 5.65. The summed E-state index contributed by atoms with van der Waals surface area (Å²) < 4.78 is 0. The Labute approximate surface area is 119 Å². The van der Waals surface area contributed by atoms with Crippen LogP contribution in [0.15, 0.2) is 24.6 Å². The fraction of sp³-hybridized carbons (Fsp3) is 0.571. The van der Waals surface area contributed by atoms with Crippen molar-refractivity contribution in [2.24, 2.45) is 0 Å². The number of unbranched alkanes of at least 4 members (excludes halogenated alkanes) is 7. The predicted octanol–water partition coefficient (Wildman–Crippen LogP) is 3.67. The molecule has 0 aliphatic heterocycles. The van der Waals surface area contributed by atoms with Gasteiger partial charge in [-0.3, -0.25) is 10.6 Å². The second-order valence-corrected chi connectivity index (χ2v) is 4.40. The lowest BCUT2D eigenvalue weighted by atomic mass is 10.1. The molecule has 0 radical (unpaired) electrons. The van der Waals surface area contributed by atoms with E-state index in [1.165, 1.54) is 25.2 Å². The molecular formula is C14H24N2O4. The van der Waals surface area contributed by atoms with E-state index in [0.29, 0.717) is 0 Å². The zero-order chi connectivity index (χ0) is 15.1. The van der Waals surface area contributed by atoms with E-state index >= 15 is 0 Å². The van der Waals surface area contributed by atoms with Gasteiger partial charge in [0.1, 0.15) is 0 Å². The molecule has 0 aromatic heterocycles. The Morgan fingerprint density at radius 3 is 1.40 bits per heavy atom. The smallest absolute Gasteiger partial charge is 0.408 e. The molecule has 0 atom stereocenters. The molecule has 2 amide bonds. The van der Waals surface area contributed by atoms with Gasteiger partial charge >= 0.3 is 12.2 Å². The Morgan fingerprint density at radius 2 is 1.05 bits per heavy atom. The first kappa shape index (κ1) is 18.0. The molecule has 0 spiro atoms. The normalized spacial score (nSPS) is 11.0. The number of nitrogens with one attached hydrogen (secondary N) is 2. The topological polar surface area (TPSA) is 98.7 Å². The first-order valence-corrected chi connectivity index (χ1v) is 6.92. The zero-order valence-corrected chi connectivity index (χ0v) is 11.7. The van der Waals surface area contributed by atoms with Gasteiger partial charge < -0.3 is 10.2 Å². The largest absolute Gasteiger partial charge is 0.465 e. The molecule has 20 heavy (non-hydrogen) atoms. The van der Waals surface area contributed by atoms with E-state index in [1.807, 2.05) is 12.2 Å². The summed E-state index contributed by atoms with van der Waals surface area (Å²) >= 11 is 0. The van der Waals surface area contributed by atoms with Gasteiger partial charge in [-0.2, -0.15) is 0 Å². The first-order chi connectivity index (χ1) is 9.63. The van der Waals surface area contributed by atoms with Crippen molar-refractivity contribution in [2.45, 2.75) is 51.4 Å². The minimum Gasteiger partial charge on any atom is -0.465 e. The maximum atomic E-state index is 10.1. The molecular weight excluding hydrogens is 260 g/mol. The van der Waals surface area contributed by atoms with Crippen LogP contribution in [0.2, 0.25) is 0 Å². The summed E-state index contributed by atoms with van der Waals surface area (Å²) in [5, 5.41) is 21.0. The lowest BCUT2D eigenvalue weighted by Gasteiger charge is -1.99. The first-order valence-electron chi connectivity index (χ1n) is 6.92. The highest BCUT2D eigenvalue weighted by atomic mass is 16.4. The van der Waals surface area contributed by atoms with Crippen molar-refractivity contribution in [1.82, 2.24) is 10.6 Å². The number of hydrogen-bond acceptors (Lipinski definition) is 2. The molecule has 0 fully saturated rings. The third-order valence-corrected chi connectivity index (χ3v) is 2.64. The molecule has 0 heterocycles. The SMILES string of the molecule is O=C(O)NC=CCCCCCCCCC=CNC(=O)O. The van der Waals surface area contributed by atoms with Crippen molar-refractivity contribution in [1.29, 1.82) is 0 Å². The Kier molecular flexibility index (Phi) is 12.1. The molecule has 6 nitrogen and oxygen atoms in total. The molecule has 114 valence electrons. The third kappa shape index (κ3) is 16.0. The second kappa shape index (κ2) is 13.5. The van der Waals surface area contributed by atoms with Gasteiger partial charge in [-0.1, -0.05) is 37.8 Å². The van der Waals surface area contributed by atoms with Crippen LogP contribution in [0.5, 0.6) is 0 Å². The number of rotatable bonds is 11. The fourth-order valence-electron chi connectivity index (χ4n) is 1.66. The van der Waals surface area contributed by atoms with Crippen LogP contribution in [-0.4, -0.2) is 22.4 Å². The van der Waals surface area contributed by atoms with Crippen molar-refractivity contribution in [3.05, 3.63) is 24.6 Å². The summed E-state index contributed by atoms with van der Waals surface area (Å²) in [6.07, 6.45) is 13.1. The average Bonchev–Trinajstić information content (AvgIpc) is 2.38. The van der Waals surface area contributed by atoms with Crippen molar-refractivity contribution < 1.29 is 19.8 Å². The molecule has 0 aliphatic carbocycles. The molecule has 0 saturated carbocycles. The van der Waals surface area contributed by atoms with Crippen LogP contribution in [0.4, 0.5) is 9.59 Å². The van der Waals surface area contributed by atoms with E-state index < -0.39 is 12.2 Å². The molecule has 0 unspecified atom stereocenters. The molecule has 0 bridgehead atoms. The monoisotopic (exact) mass is 284 g/mol. The van der Waals surface area contributed by atoms with Gasteiger partial charge in [0.25, 0.3) is 0 Å². The molecule has 0 aromatic rings. The molecule has 0 aliphatic rings. The number of carboxylic acid groups (broad SMARTS) is 2. The van der Waals surface area contributed by atoms with E-state index in [2.05, 4.69) is 10.6 Å². The number of allylic oxidation sites excluding steroid dienone is 2. The average molecular weight is 284 g/mol. The van der Waals surface area contributed by atoms with Gasteiger partial charge in [0.15, 0.2) is 0 Å². The van der Waals surface area contributed by atoms with Gasteiger partial charge in [-0.15, -0.1) is 0 Å². The van der Waals surface area contributed by atoms with Crippen LogP contribution < -0.4 is 10.6 Å². The second-order valence-electron chi connectivity index (χ2n) is 4.40. The van der Waals surface area contributed by atoms with E-state index in [4.69, 9.17) is 10.2 Å². The Hall–Kier alpha value is -1.98. The zero-order valence-electron chi connectivity index (χ0n) is 11.7.